The van der Waals surface area contributed by atoms with Gasteiger partial charge in [-0.1, -0.05) is 0 Å². The van der Waals surface area contributed by atoms with E-state index in [9.17, 15) is 0 Å². The minimum atomic E-state index is 0.678. The Bertz CT molecular complexity index is 557. The van der Waals surface area contributed by atoms with E-state index in [0.717, 1.165) is 21.5 Å². The maximum atomic E-state index is 5.67. The molecule has 0 saturated carbocycles. The summed E-state index contributed by atoms with van der Waals surface area (Å²) in [5, 5.41) is 3.27. The van der Waals surface area contributed by atoms with Gasteiger partial charge in [0.15, 0.2) is 0 Å². The van der Waals surface area contributed by atoms with Crippen LogP contribution < -0.4 is 11.1 Å². The fourth-order valence-corrected chi connectivity index (χ4v) is 2.15. The smallest absolute Gasteiger partial charge is 0.133 e. The number of nitrogens with one attached hydrogen (secondary N) is 1. The summed E-state index contributed by atoms with van der Waals surface area (Å²) in [6, 6.07) is 7.99. The summed E-state index contributed by atoms with van der Waals surface area (Å²) < 4.78 is 2.24. The minimum absolute atomic E-state index is 0.678. The third-order valence-corrected chi connectivity index (χ3v) is 4.62. The van der Waals surface area contributed by atoms with Crippen molar-refractivity contribution in [1.29, 1.82) is 0 Å². The Hall–Kier alpha value is -0.820. The van der Waals surface area contributed by atoms with E-state index in [1.807, 2.05) is 31.2 Å². The van der Waals surface area contributed by atoms with Crippen molar-refractivity contribution in [2.45, 2.75) is 6.92 Å². The van der Waals surface area contributed by atoms with Gasteiger partial charge in [-0.05, 0) is 75.3 Å². The number of aryl methyl sites for hydroxylation is 1. The molecule has 88 valence electrons. The molecular formula is C12H11BrIN3. The number of nitrogen functional groups attached to an aromatic ring is 1. The molecule has 0 aliphatic heterocycles. The highest BCUT2D eigenvalue weighted by atomic mass is 127. The second kappa shape index (κ2) is 5.22. The summed E-state index contributed by atoms with van der Waals surface area (Å²) in [5.41, 5.74) is 8.37. The second-order valence-corrected chi connectivity index (χ2v) is 5.70. The van der Waals surface area contributed by atoms with Crippen LogP contribution in [-0.4, -0.2) is 4.98 Å². The maximum Gasteiger partial charge on any atom is 0.133 e. The minimum Gasteiger partial charge on any atom is -0.397 e. The average molecular weight is 404 g/mol. The molecule has 0 radical (unpaired) electrons. The van der Waals surface area contributed by atoms with E-state index >= 15 is 0 Å². The number of halogens is 2. The first kappa shape index (κ1) is 12.6. The fourth-order valence-electron chi connectivity index (χ4n) is 1.44. The Balaban J connectivity index is 2.28. The first-order chi connectivity index (χ1) is 8.06. The molecule has 2 aromatic rings. The van der Waals surface area contributed by atoms with Crippen LogP contribution in [0.4, 0.5) is 17.2 Å². The quantitative estimate of drug-likeness (QED) is 0.742. The van der Waals surface area contributed by atoms with Gasteiger partial charge in [-0.15, -0.1) is 0 Å². The lowest BCUT2D eigenvalue weighted by atomic mass is 10.2. The molecule has 0 amide bonds. The molecule has 1 aromatic carbocycles. The molecule has 0 spiro atoms. The Morgan fingerprint density at radius 1 is 1.35 bits per heavy atom. The highest BCUT2D eigenvalue weighted by molar-refractivity contribution is 14.1. The predicted molar refractivity (Wildman–Crippen MR) is 83.5 cm³/mol. The normalized spacial score (nSPS) is 10.3. The van der Waals surface area contributed by atoms with Gasteiger partial charge in [0.05, 0.1) is 11.9 Å². The first-order valence-electron chi connectivity index (χ1n) is 5.00. The number of anilines is 3. The monoisotopic (exact) mass is 403 g/mol. The number of nitrogens with two attached hydrogens (primary N) is 1. The zero-order valence-corrected chi connectivity index (χ0v) is 12.9. The number of hydrogen-bond acceptors (Lipinski definition) is 3. The first-order valence-corrected chi connectivity index (χ1v) is 6.87. The topological polar surface area (TPSA) is 50.9 Å². The van der Waals surface area contributed by atoms with Crippen molar-refractivity contribution in [1.82, 2.24) is 4.98 Å². The zero-order chi connectivity index (χ0) is 12.4. The van der Waals surface area contributed by atoms with Crippen LogP contribution >= 0.6 is 38.5 Å². The van der Waals surface area contributed by atoms with Crippen molar-refractivity contribution in [2.75, 3.05) is 11.1 Å². The number of pyridine rings is 1. The highest BCUT2D eigenvalue weighted by Gasteiger charge is 2.03. The molecular weight excluding hydrogens is 393 g/mol. The van der Waals surface area contributed by atoms with Crippen LogP contribution in [0.1, 0.15) is 5.56 Å². The highest BCUT2D eigenvalue weighted by Crippen LogP contribution is 2.25. The van der Waals surface area contributed by atoms with Crippen molar-refractivity contribution in [3.05, 3.63) is 44.1 Å². The van der Waals surface area contributed by atoms with Gasteiger partial charge in [-0.3, -0.25) is 0 Å². The molecule has 17 heavy (non-hydrogen) atoms. The van der Waals surface area contributed by atoms with Gasteiger partial charge in [0.1, 0.15) is 5.82 Å². The van der Waals surface area contributed by atoms with E-state index in [4.69, 9.17) is 5.73 Å². The van der Waals surface area contributed by atoms with Crippen molar-refractivity contribution in [3.8, 4) is 0 Å². The van der Waals surface area contributed by atoms with Crippen LogP contribution in [0.5, 0.6) is 0 Å². The molecule has 0 unspecified atom stereocenters. The zero-order valence-electron chi connectivity index (χ0n) is 9.17. The van der Waals surface area contributed by atoms with Gasteiger partial charge in [0.2, 0.25) is 0 Å². The van der Waals surface area contributed by atoms with Crippen LogP contribution in [0, 0.1) is 10.5 Å². The van der Waals surface area contributed by atoms with Crippen LogP contribution in [0.15, 0.2) is 34.9 Å². The van der Waals surface area contributed by atoms with E-state index in [0.29, 0.717) is 5.69 Å². The maximum absolute atomic E-state index is 5.67. The van der Waals surface area contributed by atoms with E-state index in [-0.39, 0.29) is 0 Å². The van der Waals surface area contributed by atoms with Crippen LogP contribution in [-0.2, 0) is 0 Å². The van der Waals surface area contributed by atoms with Crippen molar-refractivity contribution >= 4 is 55.7 Å². The molecule has 0 aliphatic carbocycles. The van der Waals surface area contributed by atoms with E-state index < -0.39 is 0 Å². The third-order valence-electron chi connectivity index (χ3n) is 2.28. The standard InChI is InChI=1S/C12H11BrIN3/c1-7-4-8(15)6-16-12(7)17-9-2-3-11(14)10(13)5-9/h2-6H,15H2,1H3,(H,16,17). The van der Waals surface area contributed by atoms with Gasteiger partial charge in [0.25, 0.3) is 0 Å². The van der Waals surface area contributed by atoms with Gasteiger partial charge < -0.3 is 11.1 Å². The summed E-state index contributed by atoms with van der Waals surface area (Å²) >= 11 is 5.78. The lowest BCUT2D eigenvalue weighted by molar-refractivity contribution is 1.26. The molecule has 3 nitrogen and oxygen atoms in total. The van der Waals surface area contributed by atoms with Crippen LogP contribution in [0.2, 0.25) is 0 Å². The summed E-state index contributed by atoms with van der Waals surface area (Å²) in [7, 11) is 0. The van der Waals surface area contributed by atoms with Crippen LogP contribution in [0.25, 0.3) is 0 Å². The third kappa shape index (κ3) is 3.10. The SMILES string of the molecule is Cc1cc(N)cnc1Nc1ccc(I)c(Br)c1. The Morgan fingerprint density at radius 2 is 2.12 bits per heavy atom. The molecule has 1 heterocycles. The summed E-state index contributed by atoms with van der Waals surface area (Å²) in [6.07, 6.45) is 1.65. The Morgan fingerprint density at radius 3 is 2.76 bits per heavy atom. The Kier molecular flexibility index (Phi) is 3.88. The molecule has 0 aliphatic rings. The summed E-state index contributed by atoms with van der Waals surface area (Å²) in [4.78, 5) is 4.27. The molecule has 5 heteroatoms. The largest absolute Gasteiger partial charge is 0.397 e. The van der Waals surface area contributed by atoms with Crippen molar-refractivity contribution < 1.29 is 0 Å². The molecule has 1 aromatic heterocycles. The predicted octanol–water partition coefficient (Wildman–Crippen LogP) is 4.08. The molecule has 0 bridgehead atoms. The van der Waals surface area contributed by atoms with Crippen molar-refractivity contribution in [2.24, 2.45) is 0 Å². The lowest BCUT2D eigenvalue weighted by Gasteiger charge is -2.09. The number of rotatable bonds is 2. The number of benzene rings is 1. The molecule has 0 atom stereocenters. The molecule has 0 saturated heterocycles. The van der Waals surface area contributed by atoms with Crippen molar-refractivity contribution in [3.63, 3.8) is 0 Å². The summed E-state index contributed by atoms with van der Waals surface area (Å²) in [5.74, 6) is 0.826. The molecule has 2 rings (SSSR count). The second-order valence-electron chi connectivity index (χ2n) is 3.69. The molecule has 0 fully saturated rings. The van der Waals surface area contributed by atoms with Gasteiger partial charge >= 0.3 is 0 Å². The number of nitrogens with zero attached hydrogens (tertiary/aromatic N) is 1. The fraction of sp³-hybridized carbons (Fsp3) is 0.0833. The van der Waals surface area contributed by atoms with Gasteiger partial charge in [0, 0.05) is 13.7 Å². The van der Waals surface area contributed by atoms with Gasteiger partial charge in [-0.25, -0.2) is 4.98 Å². The van der Waals surface area contributed by atoms with Gasteiger partial charge in [-0.2, -0.15) is 0 Å². The molecule has 3 N–H and O–H groups in total. The van der Waals surface area contributed by atoms with E-state index in [1.165, 1.54) is 3.57 Å². The summed E-state index contributed by atoms with van der Waals surface area (Å²) in [6.45, 7) is 1.98. The van der Waals surface area contributed by atoms with E-state index in [1.54, 1.807) is 6.20 Å². The lowest BCUT2D eigenvalue weighted by Crippen LogP contribution is -1.98. The number of aromatic nitrogens is 1. The number of hydrogen-bond donors (Lipinski definition) is 2. The van der Waals surface area contributed by atoms with Crippen LogP contribution in [0.3, 0.4) is 0 Å². The van der Waals surface area contributed by atoms with E-state index in [2.05, 4.69) is 48.8 Å². The average Bonchev–Trinajstić information content (AvgIpc) is 2.27. The Labute approximate surface area is 122 Å².